The molecule has 0 aliphatic carbocycles. The predicted octanol–water partition coefficient (Wildman–Crippen LogP) is 3.96. The zero-order chi connectivity index (χ0) is 17.5. The van der Waals surface area contributed by atoms with E-state index in [0.717, 1.165) is 17.1 Å². The molecule has 0 aliphatic rings. The summed E-state index contributed by atoms with van der Waals surface area (Å²) in [5.74, 6) is 2.09. The van der Waals surface area contributed by atoms with Crippen molar-refractivity contribution >= 4 is 29.9 Å². The van der Waals surface area contributed by atoms with E-state index in [0.29, 0.717) is 12.5 Å². The number of guanidine groups is 1. The lowest BCUT2D eigenvalue weighted by Gasteiger charge is -2.20. The van der Waals surface area contributed by atoms with Crippen molar-refractivity contribution in [1.82, 2.24) is 10.6 Å². The number of hydrogen-bond donors (Lipinski definition) is 2. The molecule has 0 saturated heterocycles. The first-order chi connectivity index (χ1) is 11.5. The summed E-state index contributed by atoms with van der Waals surface area (Å²) in [5.41, 5.74) is 0.900. The van der Waals surface area contributed by atoms with Gasteiger partial charge >= 0.3 is 0 Å². The lowest BCUT2D eigenvalue weighted by atomic mass is 10.1. The fraction of sp³-hybridized carbons (Fsp3) is 0.389. The summed E-state index contributed by atoms with van der Waals surface area (Å²) in [4.78, 5) is 4.21. The van der Waals surface area contributed by atoms with Gasteiger partial charge in [-0.3, -0.25) is 4.99 Å². The number of nitrogens with one attached hydrogen (secondary N) is 2. The minimum Gasteiger partial charge on any atom is -0.464 e. The number of rotatable bonds is 6. The second-order valence-electron chi connectivity index (χ2n) is 5.54. The summed E-state index contributed by atoms with van der Waals surface area (Å²) < 4.78 is 24.1. The first-order valence-electron chi connectivity index (χ1n) is 7.85. The predicted molar refractivity (Wildman–Crippen MR) is 108 cm³/mol. The average molecular weight is 461 g/mol. The molecule has 2 aromatic rings. The monoisotopic (exact) mass is 461 g/mol. The second-order valence-corrected chi connectivity index (χ2v) is 5.54. The van der Waals surface area contributed by atoms with Gasteiger partial charge in [-0.2, -0.15) is 0 Å². The van der Waals surface area contributed by atoms with Gasteiger partial charge in [0, 0.05) is 20.7 Å². The number of halogens is 2. The molecule has 2 unspecified atom stereocenters. The minimum absolute atomic E-state index is 0. The molecule has 0 aliphatic heterocycles. The summed E-state index contributed by atoms with van der Waals surface area (Å²) >= 11 is 0. The van der Waals surface area contributed by atoms with Gasteiger partial charge in [0.1, 0.15) is 17.3 Å². The highest BCUT2D eigenvalue weighted by molar-refractivity contribution is 14.0. The van der Waals surface area contributed by atoms with Crippen LogP contribution in [0.4, 0.5) is 4.39 Å². The van der Waals surface area contributed by atoms with Gasteiger partial charge in [-0.15, -0.1) is 24.0 Å². The minimum atomic E-state index is -0.262. The largest absolute Gasteiger partial charge is 0.464 e. The first-order valence-corrected chi connectivity index (χ1v) is 7.85. The highest BCUT2D eigenvalue weighted by Gasteiger charge is 2.14. The Hall–Kier alpha value is -1.61. The van der Waals surface area contributed by atoms with Crippen LogP contribution >= 0.6 is 24.0 Å². The van der Waals surface area contributed by atoms with Crippen molar-refractivity contribution in [2.75, 3.05) is 20.7 Å². The van der Waals surface area contributed by atoms with Crippen LogP contribution < -0.4 is 10.6 Å². The van der Waals surface area contributed by atoms with Gasteiger partial charge in [0.15, 0.2) is 5.96 Å². The number of furan rings is 1. The average Bonchev–Trinajstić information content (AvgIpc) is 3.02. The smallest absolute Gasteiger partial charge is 0.191 e. The van der Waals surface area contributed by atoms with Gasteiger partial charge in [-0.1, -0.05) is 12.1 Å². The van der Waals surface area contributed by atoms with Crippen LogP contribution in [0.3, 0.4) is 0 Å². The number of benzene rings is 1. The summed E-state index contributed by atoms with van der Waals surface area (Å²) in [6, 6.07) is 10.1. The number of ether oxygens (including phenoxy) is 1. The molecule has 7 heteroatoms. The third kappa shape index (κ3) is 6.32. The van der Waals surface area contributed by atoms with Crippen LogP contribution in [-0.4, -0.2) is 26.7 Å². The molecule has 138 valence electrons. The number of methoxy groups -OCH3 is 1. The van der Waals surface area contributed by atoms with Crippen molar-refractivity contribution in [3.05, 3.63) is 59.3 Å². The molecule has 1 heterocycles. The second kappa shape index (κ2) is 10.4. The molecule has 0 amide bonds. The third-order valence-corrected chi connectivity index (χ3v) is 3.75. The van der Waals surface area contributed by atoms with Crippen LogP contribution in [0.5, 0.6) is 0 Å². The zero-order valence-corrected chi connectivity index (χ0v) is 17.2. The molecular weight excluding hydrogens is 436 g/mol. The Labute approximate surface area is 165 Å². The number of aryl methyl sites for hydroxylation is 1. The van der Waals surface area contributed by atoms with Crippen LogP contribution in [0.15, 0.2) is 45.8 Å². The highest BCUT2D eigenvalue weighted by atomic mass is 127. The maximum atomic E-state index is 13.0. The van der Waals surface area contributed by atoms with E-state index in [9.17, 15) is 4.39 Å². The van der Waals surface area contributed by atoms with E-state index in [1.807, 2.05) is 26.0 Å². The molecule has 0 spiro atoms. The van der Waals surface area contributed by atoms with Crippen molar-refractivity contribution < 1.29 is 13.5 Å². The quantitative estimate of drug-likeness (QED) is 0.389. The van der Waals surface area contributed by atoms with E-state index in [4.69, 9.17) is 9.15 Å². The molecule has 5 nitrogen and oxygen atoms in total. The number of aliphatic imine (C=N–C) groups is 1. The van der Waals surface area contributed by atoms with E-state index in [-0.39, 0.29) is 41.9 Å². The van der Waals surface area contributed by atoms with E-state index in [2.05, 4.69) is 15.6 Å². The van der Waals surface area contributed by atoms with Crippen molar-refractivity contribution in [2.24, 2.45) is 4.99 Å². The first kappa shape index (κ1) is 21.4. The molecule has 0 bridgehead atoms. The van der Waals surface area contributed by atoms with E-state index in [1.165, 1.54) is 12.1 Å². The fourth-order valence-corrected chi connectivity index (χ4v) is 2.36. The number of hydrogen-bond acceptors (Lipinski definition) is 3. The van der Waals surface area contributed by atoms with Crippen LogP contribution in [0, 0.1) is 12.7 Å². The SMILES string of the molecule is CN=C(NCC(OC)c1ccc(F)cc1)NC(C)c1ccc(C)o1.I. The zero-order valence-electron chi connectivity index (χ0n) is 14.9. The van der Waals surface area contributed by atoms with Gasteiger partial charge in [0.25, 0.3) is 0 Å². The Balaban J connectivity index is 0.00000312. The van der Waals surface area contributed by atoms with Gasteiger partial charge in [0.05, 0.1) is 12.1 Å². The van der Waals surface area contributed by atoms with Gasteiger partial charge in [-0.05, 0) is 43.7 Å². The van der Waals surface area contributed by atoms with Crippen molar-refractivity contribution in [3.8, 4) is 0 Å². The van der Waals surface area contributed by atoms with Gasteiger partial charge < -0.3 is 19.8 Å². The lowest BCUT2D eigenvalue weighted by molar-refractivity contribution is 0.106. The molecule has 2 N–H and O–H groups in total. The molecule has 0 radical (unpaired) electrons. The van der Waals surface area contributed by atoms with E-state index < -0.39 is 0 Å². The van der Waals surface area contributed by atoms with Crippen LogP contribution in [-0.2, 0) is 4.74 Å². The normalized spacial score (nSPS) is 13.7. The Bertz CT molecular complexity index is 673. The molecule has 2 rings (SSSR count). The third-order valence-electron chi connectivity index (χ3n) is 3.75. The van der Waals surface area contributed by atoms with Crippen molar-refractivity contribution in [3.63, 3.8) is 0 Å². The maximum Gasteiger partial charge on any atom is 0.191 e. The molecule has 0 fully saturated rings. The Morgan fingerprint density at radius 3 is 2.44 bits per heavy atom. The molecule has 25 heavy (non-hydrogen) atoms. The Morgan fingerprint density at radius 1 is 1.24 bits per heavy atom. The molecular formula is C18H25FIN3O2. The lowest BCUT2D eigenvalue weighted by Crippen LogP contribution is -2.40. The summed E-state index contributed by atoms with van der Waals surface area (Å²) in [7, 11) is 3.33. The summed E-state index contributed by atoms with van der Waals surface area (Å²) in [6.45, 7) is 4.42. The van der Waals surface area contributed by atoms with Gasteiger partial charge in [-0.25, -0.2) is 4.39 Å². The topological polar surface area (TPSA) is 58.8 Å². The molecule has 0 saturated carbocycles. The van der Waals surface area contributed by atoms with Crippen molar-refractivity contribution in [1.29, 1.82) is 0 Å². The highest BCUT2D eigenvalue weighted by Crippen LogP contribution is 2.17. The summed E-state index contributed by atoms with van der Waals surface area (Å²) in [5, 5.41) is 6.49. The number of nitrogens with zero attached hydrogens (tertiary/aromatic N) is 1. The van der Waals surface area contributed by atoms with Crippen LogP contribution in [0.25, 0.3) is 0 Å². The van der Waals surface area contributed by atoms with Crippen LogP contribution in [0.1, 0.15) is 36.2 Å². The molecule has 1 aromatic carbocycles. The fourth-order valence-electron chi connectivity index (χ4n) is 2.36. The van der Waals surface area contributed by atoms with Crippen molar-refractivity contribution in [2.45, 2.75) is 26.0 Å². The van der Waals surface area contributed by atoms with Crippen LogP contribution in [0.2, 0.25) is 0 Å². The maximum absolute atomic E-state index is 13.0. The molecule has 2 atom stereocenters. The van der Waals surface area contributed by atoms with E-state index in [1.54, 1.807) is 26.3 Å². The Morgan fingerprint density at radius 2 is 1.92 bits per heavy atom. The van der Waals surface area contributed by atoms with E-state index >= 15 is 0 Å². The Kier molecular flexibility index (Phi) is 8.91. The molecule has 1 aromatic heterocycles. The standard InChI is InChI=1S/C18H24FN3O2.HI/c1-12-5-10-16(24-12)13(2)22-18(20-3)21-11-17(23-4)14-6-8-15(19)9-7-14;/h5-10,13,17H,11H2,1-4H3,(H2,20,21,22);1H. The van der Waals surface area contributed by atoms with Gasteiger partial charge in [0.2, 0.25) is 0 Å². The summed E-state index contributed by atoms with van der Waals surface area (Å²) in [6.07, 6.45) is -0.203.